The molecule has 4 nitrogen and oxygen atoms in total. The van der Waals surface area contributed by atoms with Gasteiger partial charge in [-0.25, -0.2) is 0 Å². The molecule has 22 heavy (non-hydrogen) atoms. The Morgan fingerprint density at radius 1 is 1.27 bits per heavy atom. The van der Waals surface area contributed by atoms with Crippen molar-refractivity contribution in [2.45, 2.75) is 32.2 Å². The molecule has 1 aromatic carbocycles. The normalized spacial score (nSPS) is 10.1. The smallest absolute Gasteiger partial charge is 0.305 e. The molecule has 0 amide bonds. The fourth-order valence-corrected chi connectivity index (χ4v) is 2.37. The molecule has 0 spiro atoms. The second-order valence-corrected chi connectivity index (χ2v) is 6.40. The Hall–Kier alpha value is -1.14. The predicted octanol–water partition coefficient (Wildman–Crippen LogP) is 3.49. The first kappa shape index (κ1) is 18.9. The van der Waals surface area contributed by atoms with Gasteiger partial charge in [-0.3, -0.25) is 4.79 Å². The monoisotopic (exact) mass is 386 g/mol. The topological polar surface area (TPSA) is 41.6 Å². The van der Waals surface area contributed by atoms with Crippen LogP contribution in [0.5, 0.6) is 0 Å². The molecule has 1 N–H and O–H groups in total. The molecule has 0 aromatic heterocycles. The van der Waals surface area contributed by atoms with Crippen LogP contribution in [0.4, 0.5) is 0 Å². The van der Waals surface area contributed by atoms with E-state index in [9.17, 15) is 4.79 Å². The van der Waals surface area contributed by atoms with Crippen molar-refractivity contribution in [2.24, 2.45) is 0 Å². The van der Waals surface area contributed by atoms with Crippen molar-refractivity contribution in [3.05, 3.63) is 34.3 Å². The summed E-state index contributed by atoms with van der Waals surface area (Å²) in [6.45, 7) is 1.60. The molecule has 0 aliphatic carbocycles. The van der Waals surface area contributed by atoms with Crippen LogP contribution >= 0.6 is 28.1 Å². The third-order valence-corrected chi connectivity index (χ3v) is 4.23. The highest BCUT2D eigenvalue weighted by atomic mass is 79.9. The molecule has 0 heterocycles. The van der Waals surface area contributed by atoms with E-state index in [1.165, 1.54) is 12.7 Å². The number of carbonyl (C=O) groups excluding carboxylic acids is 1. The molecule has 122 valence electrons. The quantitative estimate of drug-likeness (QED) is 0.420. The number of thiocarbonyl (C=S) groups is 1. The molecule has 0 atom stereocenters. The number of nitrogens with zero attached hydrogens (tertiary/aromatic N) is 1. The highest BCUT2D eigenvalue weighted by molar-refractivity contribution is 9.10. The maximum absolute atomic E-state index is 11.0. The Kier molecular flexibility index (Phi) is 9.08. The fourth-order valence-electron chi connectivity index (χ4n) is 1.94. The van der Waals surface area contributed by atoms with E-state index in [1.807, 2.05) is 24.1 Å². The van der Waals surface area contributed by atoms with Crippen molar-refractivity contribution in [1.82, 2.24) is 10.2 Å². The van der Waals surface area contributed by atoms with Crippen molar-refractivity contribution >= 4 is 39.2 Å². The maximum Gasteiger partial charge on any atom is 0.305 e. The number of nitrogens with one attached hydrogen (secondary N) is 1. The second kappa shape index (κ2) is 10.6. The molecule has 0 saturated heterocycles. The van der Waals surface area contributed by atoms with E-state index in [1.54, 1.807) is 0 Å². The Balaban J connectivity index is 2.16. The van der Waals surface area contributed by atoms with Gasteiger partial charge in [-0.1, -0.05) is 34.5 Å². The Labute approximate surface area is 146 Å². The maximum atomic E-state index is 11.0. The van der Waals surface area contributed by atoms with Gasteiger partial charge in [0, 0.05) is 31.0 Å². The molecule has 1 aromatic rings. The summed E-state index contributed by atoms with van der Waals surface area (Å²) in [5.74, 6) is -0.141. The molecule has 1 rings (SSSR count). The van der Waals surface area contributed by atoms with Gasteiger partial charge >= 0.3 is 5.97 Å². The summed E-state index contributed by atoms with van der Waals surface area (Å²) in [4.78, 5) is 13.0. The first-order valence-corrected chi connectivity index (χ1v) is 8.53. The number of benzene rings is 1. The lowest BCUT2D eigenvalue weighted by molar-refractivity contribution is -0.140. The highest BCUT2D eigenvalue weighted by Crippen LogP contribution is 2.11. The van der Waals surface area contributed by atoms with Crippen molar-refractivity contribution in [3.63, 3.8) is 0 Å². The number of rotatable bonds is 8. The van der Waals surface area contributed by atoms with Gasteiger partial charge in [0.1, 0.15) is 0 Å². The van der Waals surface area contributed by atoms with Gasteiger partial charge in [0.05, 0.1) is 7.11 Å². The minimum Gasteiger partial charge on any atom is -0.469 e. The van der Waals surface area contributed by atoms with Crippen LogP contribution in [-0.4, -0.2) is 36.7 Å². The Bertz CT molecular complexity index is 480. The van der Waals surface area contributed by atoms with Crippen LogP contribution in [0, 0.1) is 0 Å². The number of hydrogen-bond donors (Lipinski definition) is 1. The van der Waals surface area contributed by atoms with Gasteiger partial charge in [-0.05, 0) is 42.8 Å². The van der Waals surface area contributed by atoms with E-state index in [0.29, 0.717) is 6.42 Å². The molecule has 0 radical (unpaired) electrons. The summed E-state index contributed by atoms with van der Waals surface area (Å²) in [6, 6.07) is 8.22. The first-order valence-electron chi connectivity index (χ1n) is 7.33. The van der Waals surface area contributed by atoms with Gasteiger partial charge in [0.2, 0.25) is 0 Å². The zero-order chi connectivity index (χ0) is 16.4. The number of methoxy groups -OCH3 is 1. The zero-order valence-electron chi connectivity index (χ0n) is 13.1. The third kappa shape index (κ3) is 7.75. The number of esters is 1. The number of carbonyl (C=O) groups is 1. The molecule has 0 unspecified atom stereocenters. The van der Waals surface area contributed by atoms with Gasteiger partial charge in [0.15, 0.2) is 5.11 Å². The lowest BCUT2D eigenvalue weighted by atomic mass is 10.2. The second-order valence-electron chi connectivity index (χ2n) is 5.10. The van der Waals surface area contributed by atoms with Gasteiger partial charge in [-0.15, -0.1) is 0 Å². The predicted molar refractivity (Wildman–Crippen MR) is 96.7 cm³/mol. The van der Waals surface area contributed by atoms with Crippen LogP contribution in [0.1, 0.15) is 31.2 Å². The van der Waals surface area contributed by atoms with E-state index in [4.69, 9.17) is 12.2 Å². The minimum absolute atomic E-state index is 0.141. The van der Waals surface area contributed by atoms with Crippen LogP contribution < -0.4 is 5.32 Å². The zero-order valence-corrected chi connectivity index (χ0v) is 15.5. The fraction of sp³-hybridized carbons (Fsp3) is 0.500. The van der Waals surface area contributed by atoms with Crippen LogP contribution in [0.3, 0.4) is 0 Å². The van der Waals surface area contributed by atoms with Crippen LogP contribution in [0.2, 0.25) is 0 Å². The van der Waals surface area contributed by atoms with Crippen LogP contribution in [0.15, 0.2) is 28.7 Å². The van der Waals surface area contributed by atoms with Crippen molar-refractivity contribution in [2.75, 3.05) is 20.7 Å². The molecule has 0 saturated carbocycles. The summed E-state index contributed by atoms with van der Waals surface area (Å²) in [7, 11) is 3.40. The van der Waals surface area contributed by atoms with Gasteiger partial charge in [0.25, 0.3) is 0 Å². The molecular weight excluding hydrogens is 364 g/mol. The summed E-state index contributed by atoms with van der Waals surface area (Å²) in [5.41, 5.74) is 1.22. The standard InChI is InChI=1S/C16H23BrN2O2S/c1-19(12-13-7-9-14(17)10-8-13)16(22)18-11-5-3-4-6-15(20)21-2/h7-10H,3-6,11-12H2,1-2H3,(H,18,22). The first-order chi connectivity index (χ1) is 10.5. The molecule has 0 bridgehead atoms. The number of ether oxygens (including phenoxy) is 1. The average molecular weight is 387 g/mol. The van der Waals surface area contributed by atoms with Crippen molar-refractivity contribution in [1.29, 1.82) is 0 Å². The number of unbranched alkanes of at least 4 members (excludes halogenated alkanes) is 2. The lowest BCUT2D eigenvalue weighted by Gasteiger charge is -2.21. The van der Waals surface area contributed by atoms with Crippen molar-refractivity contribution < 1.29 is 9.53 Å². The van der Waals surface area contributed by atoms with Gasteiger partial charge in [-0.2, -0.15) is 0 Å². The summed E-state index contributed by atoms with van der Waals surface area (Å²) < 4.78 is 5.68. The summed E-state index contributed by atoms with van der Waals surface area (Å²) in [5, 5.41) is 3.99. The van der Waals surface area contributed by atoms with Crippen molar-refractivity contribution in [3.8, 4) is 0 Å². The van der Waals surface area contributed by atoms with E-state index in [0.717, 1.165) is 41.9 Å². The Morgan fingerprint density at radius 3 is 2.59 bits per heavy atom. The van der Waals surface area contributed by atoms with E-state index >= 15 is 0 Å². The molecule has 6 heteroatoms. The molecular formula is C16H23BrN2O2S. The third-order valence-electron chi connectivity index (χ3n) is 3.24. The van der Waals surface area contributed by atoms with Gasteiger partial charge < -0.3 is 15.0 Å². The van der Waals surface area contributed by atoms with Crippen LogP contribution in [-0.2, 0) is 16.1 Å². The summed E-state index contributed by atoms with van der Waals surface area (Å²) in [6.07, 6.45) is 3.32. The number of halogens is 1. The summed E-state index contributed by atoms with van der Waals surface area (Å²) >= 11 is 8.80. The SMILES string of the molecule is COC(=O)CCCCCNC(=S)N(C)Cc1ccc(Br)cc1. The average Bonchev–Trinajstić information content (AvgIpc) is 2.52. The molecule has 0 aliphatic rings. The minimum atomic E-state index is -0.141. The molecule has 0 fully saturated rings. The number of hydrogen-bond acceptors (Lipinski definition) is 3. The highest BCUT2D eigenvalue weighted by Gasteiger charge is 2.05. The molecule has 0 aliphatic heterocycles. The van der Waals surface area contributed by atoms with E-state index < -0.39 is 0 Å². The Morgan fingerprint density at radius 2 is 1.95 bits per heavy atom. The van der Waals surface area contributed by atoms with E-state index in [2.05, 4.69) is 38.1 Å². The van der Waals surface area contributed by atoms with E-state index in [-0.39, 0.29) is 5.97 Å². The largest absolute Gasteiger partial charge is 0.469 e. The van der Waals surface area contributed by atoms with Crippen LogP contribution in [0.25, 0.3) is 0 Å². The lowest BCUT2D eigenvalue weighted by Crippen LogP contribution is -2.37.